The summed E-state index contributed by atoms with van der Waals surface area (Å²) in [5.74, 6) is 2.67. The molecule has 3 fully saturated rings. The Bertz CT molecular complexity index is 797. The number of cyclic esters (lactones) is 1. The molecule has 0 amide bonds. The zero-order valence-corrected chi connectivity index (χ0v) is 17.1. The van der Waals surface area contributed by atoms with Crippen LogP contribution in [0.5, 0.6) is 0 Å². The topological polar surface area (TPSA) is 57.2 Å². The Morgan fingerprint density at radius 2 is 2.14 bits per heavy atom. The average Bonchev–Trinajstić information content (AvgIpc) is 3.16. The van der Waals surface area contributed by atoms with Crippen LogP contribution in [0, 0.1) is 11.8 Å². The number of allylic oxidation sites excluding steroid dienone is 1. The first-order chi connectivity index (χ1) is 13.5. The summed E-state index contributed by atoms with van der Waals surface area (Å²) in [5.41, 5.74) is 0.495. The predicted molar refractivity (Wildman–Crippen MR) is 102 cm³/mol. The van der Waals surface area contributed by atoms with Gasteiger partial charge in [-0.15, -0.1) is 0 Å². The Kier molecular flexibility index (Phi) is 4.32. The number of fused-ring (bicyclic) bond motifs is 4. The van der Waals surface area contributed by atoms with Gasteiger partial charge in [0.15, 0.2) is 11.5 Å². The number of hydrogen-bond donors (Lipinski definition) is 0. The van der Waals surface area contributed by atoms with E-state index in [1.54, 1.807) is 14.0 Å². The number of esters is 1. The number of hydrogen-bond acceptors (Lipinski definition) is 6. The molecule has 0 aliphatic carbocycles. The number of rotatable bonds is 4. The molecule has 0 radical (unpaired) electrons. The van der Waals surface area contributed by atoms with Crippen LogP contribution in [0.1, 0.15) is 46.5 Å². The fourth-order valence-corrected chi connectivity index (χ4v) is 5.78. The monoisotopic (exact) mass is 387 g/mol. The molecule has 5 aliphatic rings. The van der Waals surface area contributed by atoms with Crippen molar-refractivity contribution in [3.63, 3.8) is 0 Å². The van der Waals surface area contributed by atoms with Gasteiger partial charge in [0.2, 0.25) is 5.76 Å². The third-order valence-electron chi connectivity index (χ3n) is 7.10. The largest absolute Gasteiger partial charge is 0.492 e. The van der Waals surface area contributed by atoms with Crippen LogP contribution >= 0.6 is 0 Å². The van der Waals surface area contributed by atoms with E-state index in [-0.39, 0.29) is 23.9 Å². The minimum Gasteiger partial charge on any atom is -0.492 e. The second-order valence-corrected chi connectivity index (χ2v) is 8.65. The fraction of sp³-hybridized carbons (Fsp3) is 0.682. The van der Waals surface area contributed by atoms with E-state index < -0.39 is 0 Å². The summed E-state index contributed by atoms with van der Waals surface area (Å²) < 4.78 is 23.7. The molecular weight excluding hydrogens is 358 g/mol. The normalized spacial score (nSPS) is 43.6. The summed E-state index contributed by atoms with van der Waals surface area (Å²) in [6.07, 6.45) is 7.25. The summed E-state index contributed by atoms with van der Waals surface area (Å²) >= 11 is 0. The number of ether oxygens (including phenoxy) is 4. The Hall–Kier alpha value is -1.79. The number of nitrogens with zero attached hydrogens (tertiary/aromatic N) is 1. The van der Waals surface area contributed by atoms with Gasteiger partial charge in [0.1, 0.15) is 5.76 Å². The third-order valence-corrected chi connectivity index (χ3v) is 7.10. The molecule has 0 N–H and O–H groups in total. The Morgan fingerprint density at radius 1 is 1.32 bits per heavy atom. The first kappa shape index (κ1) is 18.3. The molecule has 5 heterocycles. The van der Waals surface area contributed by atoms with Gasteiger partial charge in [-0.1, -0.05) is 26.7 Å². The van der Waals surface area contributed by atoms with E-state index in [2.05, 4.69) is 24.8 Å². The maximum atomic E-state index is 12.1. The lowest BCUT2D eigenvalue weighted by molar-refractivity contribution is -0.133. The standard InChI is InChI=1S/C22H29NO5/c1-5-6-7-14-16-9-15-18-11(2)20(21-19(25-4)12(3)22(24)28-21)27-17(18)8-13(26-16)10-23(14)15/h8,11,13-16,18H,5-7,9-10H2,1-4H3/b21-20+/t11-,13+,14+,15-,16-,18+/m0/s1. The van der Waals surface area contributed by atoms with Crippen LogP contribution in [0.25, 0.3) is 0 Å². The molecule has 152 valence electrons. The number of methoxy groups -OCH3 is 1. The second kappa shape index (κ2) is 6.63. The van der Waals surface area contributed by atoms with Crippen LogP contribution in [0.15, 0.2) is 34.7 Å². The minimum atomic E-state index is -0.357. The molecule has 5 aliphatic heterocycles. The summed E-state index contributed by atoms with van der Waals surface area (Å²) in [7, 11) is 1.57. The van der Waals surface area contributed by atoms with E-state index in [9.17, 15) is 4.79 Å². The molecule has 7 atom stereocenters. The van der Waals surface area contributed by atoms with E-state index in [0.29, 0.717) is 41.0 Å². The summed E-state index contributed by atoms with van der Waals surface area (Å²) in [6, 6.07) is 0.922. The van der Waals surface area contributed by atoms with Gasteiger partial charge in [0.25, 0.3) is 0 Å². The van der Waals surface area contributed by atoms with Crippen molar-refractivity contribution in [2.24, 2.45) is 11.8 Å². The molecule has 0 aromatic rings. The lowest BCUT2D eigenvalue weighted by atomic mass is 9.84. The lowest BCUT2D eigenvalue weighted by Crippen LogP contribution is -2.49. The molecule has 1 unspecified atom stereocenters. The first-order valence-electron chi connectivity index (χ1n) is 10.6. The highest BCUT2D eigenvalue weighted by Gasteiger charge is 2.56. The number of unbranched alkanes of at least 4 members (excludes halogenated alkanes) is 1. The molecule has 0 saturated carbocycles. The second-order valence-electron chi connectivity index (χ2n) is 8.65. The van der Waals surface area contributed by atoms with Crippen LogP contribution in [-0.2, 0) is 23.7 Å². The quantitative estimate of drug-likeness (QED) is 0.690. The molecular formula is C22H29NO5. The molecule has 3 bridgehead atoms. The molecule has 28 heavy (non-hydrogen) atoms. The van der Waals surface area contributed by atoms with Gasteiger partial charge >= 0.3 is 5.97 Å². The maximum absolute atomic E-state index is 12.1. The molecule has 6 heteroatoms. The highest BCUT2D eigenvalue weighted by Crippen LogP contribution is 2.52. The van der Waals surface area contributed by atoms with Crippen molar-refractivity contribution in [3.05, 3.63) is 34.7 Å². The predicted octanol–water partition coefficient (Wildman–Crippen LogP) is 3.26. The van der Waals surface area contributed by atoms with Crippen molar-refractivity contribution >= 4 is 5.97 Å². The van der Waals surface area contributed by atoms with Gasteiger partial charge in [0, 0.05) is 30.5 Å². The van der Waals surface area contributed by atoms with E-state index in [1.165, 1.54) is 19.3 Å². The lowest BCUT2D eigenvalue weighted by Gasteiger charge is -2.38. The number of carbonyl (C=O) groups is 1. The number of carbonyl (C=O) groups excluding carboxylic acids is 1. The van der Waals surface area contributed by atoms with E-state index in [1.807, 2.05) is 0 Å². The van der Waals surface area contributed by atoms with Crippen molar-refractivity contribution in [2.75, 3.05) is 13.7 Å². The average molecular weight is 387 g/mol. The zero-order valence-electron chi connectivity index (χ0n) is 17.1. The van der Waals surface area contributed by atoms with Crippen LogP contribution in [0.2, 0.25) is 0 Å². The van der Waals surface area contributed by atoms with Crippen molar-refractivity contribution in [2.45, 2.75) is 70.7 Å². The molecule has 3 saturated heterocycles. The highest BCUT2D eigenvalue weighted by atomic mass is 16.6. The zero-order chi connectivity index (χ0) is 19.6. The van der Waals surface area contributed by atoms with Gasteiger partial charge in [-0.25, -0.2) is 4.79 Å². The van der Waals surface area contributed by atoms with Crippen molar-refractivity contribution in [3.8, 4) is 0 Å². The van der Waals surface area contributed by atoms with Crippen molar-refractivity contribution in [1.29, 1.82) is 0 Å². The van der Waals surface area contributed by atoms with Gasteiger partial charge in [-0.05, 0) is 25.8 Å². The first-order valence-corrected chi connectivity index (χ1v) is 10.6. The van der Waals surface area contributed by atoms with Crippen LogP contribution < -0.4 is 0 Å². The Labute approximate surface area is 166 Å². The SMILES string of the molecule is CCCC[C@@H]1[C@@H]2C[C@H]3[C@@H]4C(=C[C@H](CN13)O2)O/C(=C1/OC(=O)C(C)=C1OC)[C@H]4C. The summed E-state index contributed by atoms with van der Waals surface area (Å²) in [6.45, 7) is 7.11. The van der Waals surface area contributed by atoms with Gasteiger partial charge in [-0.3, -0.25) is 4.90 Å². The smallest absolute Gasteiger partial charge is 0.343 e. The van der Waals surface area contributed by atoms with Gasteiger partial charge < -0.3 is 18.9 Å². The third kappa shape index (κ3) is 2.50. The molecule has 0 aromatic heterocycles. The molecule has 0 spiro atoms. The van der Waals surface area contributed by atoms with E-state index in [0.717, 1.165) is 18.7 Å². The number of morpholine rings is 1. The molecule has 5 rings (SSSR count). The van der Waals surface area contributed by atoms with Crippen molar-refractivity contribution < 1.29 is 23.7 Å². The Morgan fingerprint density at radius 3 is 2.89 bits per heavy atom. The van der Waals surface area contributed by atoms with Crippen LogP contribution in [0.4, 0.5) is 0 Å². The van der Waals surface area contributed by atoms with E-state index in [4.69, 9.17) is 18.9 Å². The molecule has 0 aromatic carbocycles. The maximum Gasteiger partial charge on any atom is 0.343 e. The van der Waals surface area contributed by atoms with Crippen molar-refractivity contribution in [1.82, 2.24) is 4.90 Å². The van der Waals surface area contributed by atoms with E-state index >= 15 is 0 Å². The van der Waals surface area contributed by atoms with Gasteiger partial charge in [0.05, 0.1) is 24.9 Å². The minimum absolute atomic E-state index is 0.0785. The van der Waals surface area contributed by atoms with Crippen LogP contribution in [-0.4, -0.2) is 48.8 Å². The molecule has 6 nitrogen and oxygen atoms in total. The fourth-order valence-electron chi connectivity index (χ4n) is 5.78. The van der Waals surface area contributed by atoms with Crippen LogP contribution in [0.3, 0.4) is 0 Å². The Balaban J connectivity index is 1.50. The highest BCUT2D eigenvalue weighted by molar-refractivity contribution is 5.93. The summed E-state index contributed by atoms with van der Waals surface area (Å²) in [5, 5.41) is 0. The summed E-state index contributed by atoms with van der Waals surface area (Å²) in [4.78, 5) is 14.8. The van der Waals surface area contributed by atoms with Gasteiger partial charge in [-0.2, -0.15) is 0 Å².